The Morgan fingerprint density at radius 3 is 2.12 bits per heavy atom. The molecule has 184 valence electrons. The van der Waals surface area contributed by atoms with E-state index in [2.05, 4.69) is 4.74 Å². The van der Waals surface area contributed by atoms with Crippen LogP contribution in [0.25, 0.3) is 0 Å². The van der Waals surface area contributed by atoms with E-state index in [1.54, 1.807) is 13.8 Å². The number of benzene rings is 1. The van der Waals surface area contributed by atoms with Gasteiger partial charge in [0.15, 0.2) is 6.29 Å². The molecule has 8 nitrogen and oxygen atoms in total. The minimum absolute atomic E-state index is 0.103. The first-order valence-corrected chi connectivity index (χ1v) is 11.4. The number of rotatable bonds is 11. The molecule has 1 aromatic carbocycles. The van der Waals surface area contributed by atoms with Crippen LogP contribution in [0.4, 0.5) is 0 Å². The number of hydrogen-bond donors (Lipinski definition) is 0. The van der Waals surface area contributed by atoms with Crippen molar-refractivity contribution in [2.45, 2.75) is 72.7 Å². The molecule has 1 saturated heterocycles. The standard InChI is InChI=1S/C19H26O5.C6H10O3/c1-3-22-19(21)17(14(2)20)12-15-7-9-16(10-8-15)13-24-18-6-4-5-11-23-18;1-3-9-6(8)4-5(2)7/h7-10,17-18H,3-6,11-13H2,1-2H3;3-4H2,1-2H3. The second-order valence-electron chi connectivity index (χ2n) is 7.73. The van der Waals surface area contributed by atoms with Crippen molar-refractivity contribution in [3.63, 3.8) is 0 Å². The Labute approximate surface area is 195 Å². The lowest BCUT2D eigenvalue weighted by molar-refractivity contribution is -0.168. The van der Waals surface area contributed by atoms with Crippen molar-refractivity contribution in [1.82, 2.24) is 0 Å². The summed E-state index contributed by atoms with van der Waals surface area (Å²) in [7, 11) is 0. The number of esters is 2. The second-order valence-corrected chi connectivity index (χ2v) is 7.73. The summed E-state index contributed by atoms with van der Waals surface area (Å²) in [5.41, 5.74) is 1.98. The Kier molecular flexibility index (Phi) is 13.9. The summed E-state index contributed by atoms with van der Waals surface area (Å²) >= 11 is 0. The summed E-state index contributed by atoms with van der Waals surface area (Å²) in [6.45, 7) is 8.11. The lowest BCUT2D eigenvalue weighted by atomic mass is 9.95. The molecule has 2 atom stereocenters. The molecule has 0 saturated carbocycles. The zero-order valence-corrected chi connectivity index (χ0v) is 20.1. The lowest BCUT2D eigenvalue weighted by Crippen LogP contribution is -2.26. The van der Waals surface area contributed by atoms with Gasteiger partial charge in [-0.25, -0.2) is 0 Å². The van der Waals surface area contributed by atoms with E-state index in [9.17, 15) is 19.2 Å². The molecule has 1 aliphatic heterocycles. The van der Waals surface area contributed by atoms with Crippen molar-refractivity contribution in [3.05, 3.63) is 35.4 Å². The third-order valence-corrected chi connectivity index (χ3v) is 4.80. The van der Waals surface area contributed by atoms with Crippen molar-refractivity contribution in [3.8, 4) is 0 Å². The topological polar surface area (TPSA) is 105 Å². The number of ether oxygens (including phenoxy) is 4. The molecule has 0 aromatic heterocycles. The SMILES string of the molecule is CCOC(=O)C(Cc1ccc(COC2CCCCO2)cc1)C(C)=O.CCOC(=O)CC(C)=O. The molecule has 0 radical (unpaired) electrons. The molecule has 0 amide bonds. The van der Waals surface area contributed by atoms with E-state index in [1.807, 2.05) is 24.3 Å². The maximum Gasteiger partial charge on any atom is 0.316 e. The predicted molar refractivity (Wildman–Crippen MR) is 121 cm³/mol. The number of ketones is 2. The number of Topliss-reactive ketones (excluding diaryl/α,β-unsaturated/α-hetero) is 2. The van der Waals surface area contributed by atoms with Crippen molar-refractivity contribution < 1.29 is 38.1 Å². The maximum atomic E-state index is 11.9. The van der Waals surface area contributed by atoms with Crippen LogP contribution in [0.5, 0.6) is 0 Å². The lowest BCUT2D eigenvalue weighted by Gasteiger charge is -2.22. The monoisotopic (exact) mass is 464 g/mol. The molecule has 2 rings (SSSR count). The number of hydrogen-bond acceptors (Lipinski definition) is 8. The Morgan fingerprint density at radius 1 is 0.970 bits per heavy atom. The highest BCUT2D eigenvalue weighted by molar-refractivity contribution is 5.98. The van der Waals surface area contributed by atoms with Crippen LogP contribution in [0.2, 0.25) is 0 Å². The van der Waals surface area contributed by atoms with Gasteiger partial charge in [0.25, 0.3) is 0 Å². The van der Waals surface area contributed by atoms with Crippen molar-refractivity contribution in [1.29, 1.82) is 0 Å². The molecule has 8 heteroatoms. The molecule has 0 N–H and O–H groups in total. The maximum absolute atomic E-state index is 11.9. The third kappa shape index (κ3) is 12.3. The largest absolute Gasteiger partial charge is 0.466 e. The van der Waals surface area contributed by atoms with Gasteiger partial charge in [-0.3, -0.25) is 19.2 Å². The van der Waals surface area contributed by atoms with Crippen LogP contribution in [0.1, 0.15) is 64.5 Å². The van der Waals surface area contributed by atoms with Gasteiger partial charge >= 0.3 is 11.9 Å². The zero-order chi connectivity index (χ0) is 24.6. The summed E-state index contributed by atoms with van der Waals surface area (Å²) in [5.74, 6) is -1.96. The van der Waals surface area contributed by atoms with E-state index < -0.39 is 17.9 Å². The Balaban J connectivity index is 0.000000513. The van der Waals surface area contributed by atoms with Gasteiger partial charge in [0, 0.05) is 6.61 Å². The van der Waals surface area contributed by atoms with Crippen LogP contribution < -0.4 is 0 Å². The van der Waals surface area contributed by atoms with Gasteiger partial charge in [0.2, 0.25) is 0 Å². The van der Waals surface area contributed by atoms with E-state index in [0.717, 1.165) is 37.0 Å². The van der Waals surface area contributed by atoms with E-state index in [-0.39, 0.29) is 30.9 Å². The van der Waals surface area contributed by atoms with Crippen molar-refractivity contribution in [2.24, 2.45) is 5.92 Å². The van der Waals surface area contributed by atoms with Gasteiger partial charge in [-0.15, -0.1) is 0 Å². The number of carbonyl (C=O) groups is 4. The molecule has 1 aromatic rings. The summed E-state index contributed by atoms with van der Waals surface area (Å²) in [5, 5.41) is 0. The Morgan fingerprint density at radius 2 is 1.61 bits per heavy atom. The van der Waals surface area contributed by atoms with Gasteiger partial charge in [-0.05, 0) is 64.5 Å². The first kappa shape index (κ1) is 28.5. The van der Waals surface area contributed by atoms with Crippen molar-refractivity contribution in [2.75, 3.05) is 19.8 Å². The van der Waals surface area contributed by atoms with E-state index in [1.165, 1.54) is 13.8 Å². The van der Waals surface area contributed by atoms with Gasteiger partial charge < -0.3 is 18.9 Å². The zero-order valence-electron chi connectivity index (χ0n) is 20.1. The normalized spacial score (nSPS) is 16.1. The molecule has 1 heterocycles. The molecule has 0 bridgehead atoms. The van der Waals surface area contributed by atoms with Gasteiger partial charge in [0.05, 0.1) is 19.8 Å². The Hall–Kier alpha value is -2.58. The average Bonchev–Trinajstić information content (AvgIpc) is 2.77. The fraction of sp³-hybridized carbons (Fsp3) is 0.600. The smallest absolute Gasteiger partial charge is 0.316 e. The van der Waals surface area contributed by atoms with Gasteiger partial charge in [-0.2, -0.15) is 0 Å². The third-order valence-electron chi connectivity index (χ3n) is 4.80. The molecule has 1 fully saturated rings. The molecular weight excluding hydrogens is 428 g/mol. The summed E-state index contributed by atoms with van der Waals surface area (Å²) in [4.78, 5) is 44.2. The number of carbonyl (C=O) groups excluding carboxylic acids is 4. The molecule has 33 heavy (non-hydrogen) atoms. The predicted octanol–water partition coefficient (Wildman–Crippen LogP) is 3.57. The fourth-order valence-corrected chi connectivity index (χ4v) is 3.09. The van der Waals surface area contributed by atoms with E-state index >= 15 is 0 Å². The highest BCUT2D eigenvalue weighted by Crippen LogP contribution is 2.17. The first-order chi connectivity index (χ1) is 15.8. The van der Waals surface area contributed by atoms with Crippen LogP contribution in [0.3, 0.4) is 0 Å². The average molecular weight is 465 g/mol. The summed E-state index contributed by atoms with van der Waals surface area (Å²) < 4.78 is 20.8. The van der Waals surface area contributed by atoms with Crippen LogP contribution in [0.15, 0.2) is 24.3 Å². The molecule has 0 aliphatic carbocycles. The fourth-order valence-electron chi connectivity index (χ4n) is 3.09. The second kappa shape index (κ2) is 16.1. The summed E-state index contributed by atoms with van der Waals surface area (Å²) in [6, 6.07) is 7.77. The minimum atomic E-state index is -0.734. The quantitative estimate of drug-likeness (QED) is 0.362. The van der Waals surface area contributed by atoms with Gasteiger partial charge in [-0.1, -0.05) is 24.3 Å². The van der Waals surface area contributed by atoms with Crippen molar-refractivity contribution >= 4 is 23.5 Å². The summed E-state index contributed by atoms with van der Waals surface area (Å²) in [6.07, 6.45) is 3.34. The van der Waals surface area contributed by atoms with Crippen LogP contribution >= 0.6 is 0 Å². The minimum Gasteiger partial charge on any atom is -0.466 e. The van der Waals surface area contributed by atoms with E-state index in [4.69, 9.17) is 14.2 Å². The van der Waals surface area contributed by atoms with E-state index in [0.29, 0.717) is 19.6 Å². The van der Waals surface area contributed by atoms with Gasteiger partial charge in [0.1, 0.15) is 23.9 Å². The Bertz CT molecular complexity index is 750. The van der Waals surface area contributed by atoms with Crippen LogP contribution in [0, 0.1) is 5.92 Å². The van der Waals surface area contributed by atoms with Crippen LogP contribution in [-0.4, -0.2) is 49.6 Å². The molecular formula is C25H36O8. The molecule has 0 spiro atoms. The van der Waals surface area contributed by atoms with Crippen LogP contribution in [-0.2, 0) is 51.2 Å². The first-order valence-electron chi connectivity index (χ1n) is 11.4. The highest BCUT2D eigenvalue weighted by Gasteiger charge is 2.25. The molecule has 2 unspecified atom stereocenters. The molecule has 1 aliphatic rings. The highest BCUT2D eigenvalue weighted by atomic mass is 16.7.